The van der Waals surface area contributed by atoms with Gasteiger partial charge in [0.25, 0.3) is 5.91 Å². The highest BCUT2D eigenvalue weighted by atomic mass is 16.2. The standard InChI is InChI=1S/C14H24N4O3/c1-15-8-5-9-16-11(19)10-18-12(20)14(17-13(18)21)6-3-2-4-7-14/h15H,2-10H2,1H3,(H,16,19)(H,17,21). The van der Waals surface area contributed by atoms with Gasteiger partial charge in [0.2, 0.25) is 5.91 Å². The number of nitrogens with zero attached hydrogens (tertiary/aromatic N) is 1. The maximum Gasteiger partial charge on any atom is 0.325 e. The number of hydrogen-bond donors (Lipinski definition) is 3. The van der Waals surface area contributed by atoms with Crippen LogP contribution >= 0.6 is 0 Å². The van der Waals surface area contributed by atoms with E-state index in [0.717, 1.165) is 37.1 Å². The highest BCUT2D eigenvalue weighted by Gasteiger charge is 2.51. The van der Waals surface area contributed by atoms with Gasteiger partial charge in [-0.2, -0.15) is 0 Å². The van der Waals surface area contributed by atoms with Crippen molar-refractivity contribution in [2.24, 2.45) is 0 Å². The zero-order chi connectivity index (χ0) is 15.3. The van der Waals surface area contributed by atoms with Gasteiger partial charge < -0.3 is 16.0 Å². The van der Waals surface area contributed by atoms with Crippen LogP contribution < -0.4 is 16.0 Å². The average molecular weight is 296 g/mol. The quantitative estimate of drug-likeness (QED) is 0.474. The largest absolute Gasteiger partial charge is 0.354 e. The second-order valence-corrected chi connectivity index (χ2v) is 5.77. The van der Waals surface area contributed by atoms with Crippen LogP contribution in [-0.2, 0) is 9.59 Å². The lowest BCUT2D eigenvalue weighted by Gasteiger charge is -2.30. The van der Waals surface area contributed by atoms with E-state index >= 15 is 0 Å². The lowest BCUT2D eigenvalue weighted by Crippen LogP contribution is -2.49. The summed E-state index contributed by atoms with van der Waals surface area (Å²) in [5, 5.41) is 8.51. The third-order valence-corrected chi connectivity index (χ3v) is 4.18. The zero-order valence-corrected chi connectivity index (χ0v) is 12.5. The first-order valence-corrected chi connectivity index (χ1v) is 7.64. The molecule has 0 atom stereocenters. The van der Waals surface area contributed by atoms with Crippen LogP contribution in [0.15, 0.2) is 0 Å². The Hall–Kier alpha value is -1.63. The predicted octanol–water partition coefficient (Wildman–Crippen LogP) is -0.0332. The van der Waals surface area contributed by atoms with Crippen LogP contribution in [0.2, 0.25) is 0 Å². The Bertz CT molecular complexity index is 418. The third-order valence-electron chi connectivity index (χ3n) is 4.18. The van der Waals surface area contributed by atoms with Crippen molar-refractivity contribution in [3.63, 3.8) is 0 Å². The van der Waals surface area contributed by atoms with Crippen molar-refractivity contribution in [2.45, 2.75) is 44.1 Å². The van der Waals surface area contributed by atoms with Gasteiger partial charge in [-0.1, -0.05) is 19.3 Å². The monoisotopic (exact) mass is 296 g/mol. The van der Waals surface area contributed by atoms with Crippen molar-refractivity contribution < 1.29 is 14.4 Å². The first kappa shape index (κ1) is 15.8. The number of nitrogens with one attached hydrogen (secondary N) is 3. The summed E-state index contributed by atoms with van der Waals surface area (Å²) in [6.45, 7) is 1.16. The Kier molecular flexibility index (Phi) is 5.17. The molecule has 7 heteroatoms. The molecule has 118 valence electrons. The van der Waals surface area contributed by atoms with Gasteiger partial charge in [-0.25, -0.2) is 4.79 Å². The molecular formula is C14H24N4O3. The molecular weight excluding hydrogens is 272 g/mol. The number of hydrogen-bond acceptors (Lipinski definition) is 4. The summed E-state index contributed by atoms with van der Waals surface area (Å²) in [7, 11) is 1.85. The summed E-state index contributed by atoms with van der Waals surface area (Å²) in [4.78, 5) is 37.3. The molecule has 2 aliphatic rings. The van der Waals surface area contributed by atoms with Crippen LogP contribution in [-0.4, -0.2) is 55.0 Å². The summed E-state index contributed by atoms with van der Waals surface area (Å²) < 4.78 is 0. The van der Waals surface area contributed by atoms with E-state index in [4.69, 9.17) is 0 Å². The molecule has 0 aromatic heterocycles. The molecule has 0 aromatic carbocycles. The first-order valence-electron chi connectivity index (χ1n) is 7.64. The molecule has 2 rings (SSSR count). The fraction of sp³-hybridized carbons (Fsp3) is 0.786. The predicted molar refractivity (Wildman–Crippen MR) is 77.6 cm³/mol. The molecule has 1 saturated heterocycles. The van der Waals surface area contributed by atoms with Gasteiger partial charge in [0.15, 0.2) is 0 Å². The fourth-order valence-corrected chi connectivity index (χ4v) is 3.01. The Labute approximate surface area is 124 Å². The van der Waals surface area contributed by atoms with Gasteiger partial charge in [-0.05, 0) is 32.9 Å². The van der Waals surface area contributed by atoms with E-state index in [0.29, 0.717) is 19.4 Å². The van der Waals surface area contributed by atoms with Crippen molar-refractivity contribution in [3.8, 4) is 0 Å². The van der Waals surface area contributed by atoms with Crippen molar-refractivity contribution in [1.82, 2.24) is 20.9 Å². The number of urea groups is 1. The Balaban J connectivity index is 1.87. The SMILES string of the molecule is CNCCCNC(=O)CN1C(=O)NC2(CCCCC2)C1=O. The van der Waals surface area contributed by atoms with Crippen LogP contribution in [0.25, 0.3) is 0 Å². The van der Waals surface area contributed by atoms with E-state index in [1.165, 1.54) is 0 Å². The molecule has 7 nitrogen and oxygen atoms in total. The molecule has 3 N–H and O–H groups in total. The maximum absolute atomic E-state index is 12.5. The number of imide groups is 1. The van der Waals surface area contributed by atoms with Gasteiger partial charge in [-0.3, -0.25) is 14.5 Å². The summed E-state index contributed by atoms with van der Waals surface area (Å²) in [5.41, 5.74) is -0.748. The molecule has 1 heterocycles. The Morgan fingerprint density at radius 1 is 1.24 bits per heavy atom. The number of rotatable bonds is 6. The summed E-state index contributed by atoms with van der Waals surface area (Å²) in [6, 6.07) is -0.438. The van der Waals surface area contributed by atoms with Crippen LogP contribution in [0.5, 0.6) is 0 Å². The van der Waals surface area contributed by atoms with Gasteiger partial charge in [0.1, 0.15) is 12.1 Å². The topological polar surface area (TPSA) is 90.5 Å². The molecule has 0 aromatic rings. The van der Waals surface area contributed by atoms with E-state index in [1.807, 2.05) is 7.05 Å². The average Bonchev–Trinajstić information content (AvgIpc) is 2.69. The molecule has 1 aliphatic carbocycles. The van der Waals surface area contributed by atoms with Gasteiger partial charge in [0, 0.05) is 6.54 Å². The molecule has 1 aliphatic heterocycles. The lowest BCUT2D eigenvalue weighted by molar-refractivity contribution is -0.135. The van der Waals surface area contributed by atoms with Crippen molar-refractivity contribution in [3.05, 3.63) is 0 Å². The Morgan fingerprint density at radius 3 is 2.62 bits per heavy atom. The van der Waals surface area contributed by atoms with Crippen LogP contribution in [0.1, 0.15) is 38.5 Å². The molecule has 1 spiro atoms. The highest BCUT2D eigenvalue weighted by molar-refractivity contribution is 6.09. The van der Waals surface area contributed by atoms with Crippen molar-refractivity contribution in [2.75, 3.05) is 26.7 Å². The molecule has 0 unspecified atom stereocenters. The molecule has 0 bridgehead atoms. The minimum absolute atomic E-state index is 0.189. The Morgan fingerprint density at radius 2 is 1.95 bits per heavy atom. The summed E-state index contributed by atoms with van der Waals surface area (Å²) >= 11 is 0. The minimum atomic E-state index is -0.748. The molecule has 4 amide bonds. The van der Waals surface area contributed by atoms with Crippen molar-refractivity contribution in [1.29, 1.82) is 0 Å². The van der Waals surface area contributed by atoms with Crippen LogP contribution in [0.3, 0.4) is 0 Å². The normalized spacial score (nSPS) is 20.7. The van der Waals surface area contributed by atoms with E-state index < -0.39 is 11.6 Å². The zero-order valence-electron chi connectivity index (χ0n) is 12.5. The van der Waals surface area contributed by atoms with Crippen LogP contribution in [0.4, 0.5) is 4.79 Å². The van der Waals surface area contributed by atoms with E-state index in [-0.39, 0.29) is 18.4 Å². The smallest absolute Gasteiger partial charge is 0.325 e. The van der Waals surface area contributed by atoms with E-state index in [2.05, 4.69) is 16.0 Å². The van der Waals surface area contributed by atoms with Crippen molar-refractivity contribution >= 4 is 17.8 Å². The first-order chi connectivity index (χ1) is 10.1. The number of carbonyl (C=O) groups is 3. The molecule has 0 radical (unpaired) electrons. The lowest BCUT2D eigenvalue weighted by atomic mass is 9.82. The van der Waals surface area contributed by atoms with Crippen LogP contribution in [0, 0.1) is 0 Å². The third kappa shape index (κ3) is 3.53. The minimum Gasteiger partial charge on any atom is -0.354 e. The van der Waals surface area contributed by atoms with Gasteiger partial charge in [0.05, 0.1) is 0 Å². The van der Waals surface area contributed by atoms with Gasteiger partial charge in [-0.15, -0.1) is 0 Å². The van der Waals surface area contributed by atoms with E-state index in [9.17, 15) is 14.4 Å². The second-order valence-electron chi connectivity index (χ2n) is 5.77. The number of amides is 4. The summed E-state index contributed by atoms with van der Waals surface area (Å²) in [5.74, 6) is -0.528. The van der Waals surface area contributed by atoms with Gasteiger partial charge >= 0.3 is 6.03 Å². The molecule has 2 fully saturated rings. The molecule has 1 saturated carbocycles. The highest BCUT2D eigenvalue weighted by Crippen LogP contribution is 2.33. The fourth-order valence-electron chi connectivity index (χ4n) is 3.01. The maximum atomic E-state index is 12.5. The second kappa shape index (κ2) is 6.89. The molecule has 21 heavy (non-hydrogen) atoms. The van der Waals surface area contributed by atoms with E-state index in [1.54, 1.807) is 0 Å². The number of carbonyl (C=O) groups excluding carboxylic acids is 3. The summed E-state index contributed by atoms with van der Waals surface area (Å²) in [6.07, 6.45) is 5.14.